The second kappa shape index (κ2) is 11.0. The predicted molar refractivity (Wildman–Crippen MR) is 98.8 cm³/mol. The highest BCUT2D eigenvalue weighted by Gasteiger charge is 2.24. The van der Waals surface area contributed by atoms with Gasteiger partial charge in [0.2, 0.25) is 0 Å². The number of nitrogens with one attached hydrogen (secondary N) is 2. The van der Waals surface area contributed by atoms with Crippen molar-refractivity contribution in [2.45, 2.75) is 51.8 Å². The number of hydrogen-bond donors (Lipinski definition) is 5. The van der Waals surface area contributed by atoms with Crippen molar-refractivity contribution in [2.75, 3.05) is 7.05 Å². The number of alkyl carbamates (subject to hydrolysis) is 1. The average molecular weight is 384 g/mol. The average Bonchev–Trinajstić information content (AvgIpc) is 2.54. The van der Waals surface area contributed by atoms with E-state index >= 15 is 0 Å². The van der Waals surface area contributed by atoms with Crippen LogP contribution in [0.3, 0.4) is 0 Å². The zero-order valence-electron chi connectivity index (χ0n) is 16.1. The van der Waals surface area contributed by atoms with Gasteiger partial charge in [0.1, 0.15) is 23.4 Å². The van der Waals surface area contributed by atoms with Gasteiger partial charge in [-0.15, -0.1) is 0 Å². The second-order valence-electron chi connectivity index (χ2n) is 6.76. The van der Waals surface area contributed by atoms with Crippen LogP contribution in [-0.2, 0) is 20.7 Å². The Morgan fingerprint density at radius 1 is 1.07 bits per heavy atom. The van der Waals surface area contributed by atoms with Crippen LogP contribution in [0.2, 0.25) is 0 Å². The highest BCUT2D eigenvalue weighted by Crippen LogP contribution is 2.12. The summed E-state index contributed by atoms with van der Waals surface area (Å²) in [6.45, 7) is 6.68. The zero-order valence-corrected chi connectivity index (χ0v) is 16.1. The lowest BCUT2D eigenvalue weighted by Crippen LogP contribution is -2.44. The van der Waals surface area contributed by atoms with Crippen LogP contribution in [0, 0.1) is 0 Å². The first-order valence-electron chi connectivity index (χ1n) is 8.26. The Labute approximate surface area is 158 Å². The largest absolute Gasteiger partial charge is 0.508 e. The summed E-state index contributed by atoms with van der Waals surface area (Å²) >= 11 is 0. The van der Waals surface area contributed by atoms with Gasteiger partial charge in [0.15, 0.2) is 0 Å². The molecule has 1 aromatic rings. The summed E-state index contributed by atoms with van der Waals surface area (Å²) in [6, 6.07) is 4.60. The number of aromatic hydroxyl groups is 1. The number of aliphatic carboxylic acids is 2. The Kier molecular flexibility index (Phi) is 9.87. The fourth-order valence-electron chi connectivity index (χ4n) is 1.64. The number of carboxylic acids is 2. The minimum Gasteiger partial charge on any atom is -0.508 e. The van der Waals surface area contributed by atoms with E-state index in [0.717, 1.165) is 0 Å². The number of benzene rings is 1. The molecule has 0 saturated heterocycles. The van der Waals surface area contributed by atoms with E-state index in [1.54, 1.807) is 46.9 Å². The van der Waals surface area contributed by atoms with Crippen molar-refractivity contribution in [3.8, 4) is 5.75 Å². The van der Waals surface area contributed by atoms with E-state index in [1.165, 1.54) is 12.1 Å². The first kappa shape index (κ1) is 24.2. The molecular formula is C18H28N2O7. The molecule has 0 aliphatic heterocycles. The molecule has 0 saturated carbocycles. The monoisotopic (exact) mass is 384 g/mol. The molecule has 0 bridgehead atoms. The maximum absolute atomic E-state index is 11.6. The van der Waals surface area contributed by atoms with E-state index in [-0.39, 0.29) is 12.2 Å². The standard InChI is InChI=1S/C14H19NO5.C4H9NO2/c1-14(2,3)20-13(19)15-11(12(17)18)8-9-4-6-10(16)7-5-9;1-3(5-2)4(6)7/h4-7,11,16H,8H2,1-3H3,(H,15,19)(H,17,18);3,5H,1-2H3,(H,6,7). The fourth-order valence-corrected chi connectivity index (χ4v) is 1.64. The van der Waals surface area contributed by atoms with Crippen LogP contribution in [0.1, 0.15) is 33.3 Å². The van der Waals surface area contributed by atoms with E-state index in [9.17, 15) is 14.4 Å². The van der Waals surface area contributed by atoms with Crippen LogP contribution < -0.4 is 10.6 Å². The number of ether oxygens (including phenoxy) is 1. The van der Waals surface area contributed by atoms with Gasteiger partial charge in [-0.1, -0.05) is 12.1 Å². The molecule has 27 heavy (non-hydrogen) atoms. The van der Waals surface area contributed by atoms with Crippen molar-refractivity contribution in [2.24, 2.45) is 0 Å². The molecule has 152 valence electrons. The third kappa shape index (κ3) is 11.4. The minimum atomic E-state index is -1.15. The summed E-state index contributed by atoms with van der Waals surface area (Å²) in [6.07, 6.45) is -0.668. The number of carbonyl (C=O) groups is 3. The van der Waals surface area contributed by atoms with Crippen LogP contribution in [0.15, 0.2) is 24.3 Å². The predicted octanol–water partition coefficient (Wildman–Crippen LogP) is 1.59. The first-order chi connectivity index (χ1) is 12.4. The lowest BCUT2D eigenvalue weighted by atomic mass is 10.1. The first-order valence-corrected chi connectivity index (χ1v) is 8.26. The molecule has 0 aliphatic carbocycles. The van der Waals surface area contributed by atoms with Crippen LogP contribution in [0.4, 0.5) is 4.79 Å². The Morgan fingerprint density at radius 3 is 1.93 bits per heavy atom. The summed E-state index contributed by atoms with van der Waals surface area (Å²) in [4.78, 5) is 32.6. The van der Waals surface area contributed by atoms with E-state index < -0.39 is 35.7 Å². The number of likely N-dealkylation sites (N-methyl/N-ethyl adjacent to an activating group) is 1. The minimum absolute atomic E-state index is 0.0979. The molecule has 0 spiro atoms. The maximum atomic E-state index is 11.6. The quantitative estimate of drug-likeness (QED) is 0.497. The number of phenols is 1. The van der Waals surface area contributed by atoms with Crippen LogP contribution >= 0.6 is 0 Å². The highest BCUT2D eigenvalue weighted by atomic mass is 16.6. The number of hydrogen-bond acceptors (Lipinski definition) is 6. The molecule has 9 nitrogen and oxygen atoms in total. The van der Waals surface area contributed by atoms with Crippen LogP contribution in [0.5, 0.6) is 5.75 Å². The van der Waals surface area contributed by atoms with Gasteiger partial charge in [0.05, 0.1) is 0 Å². The van der Waals surface area contributed by atoms with E-state index in [0.29, 0.717) is 5.56 Å². The lowest BCUT2D eigenvalue weighted by molar-refractivity contribution is -0.140. The fraction of sp³-hybridized carbons (Fsp3) is 0.500. The highest BCUT2D eigenvalue weighted by molar-refractivity contribution is 5.80. The molecule has 0 aromatic heterocycles. The van der Waals surface area contributed by atoms with Crippen molar-refractivity contribution in [3.05, 3.63) is 29.8 Å². The molecule has 1 aromatic carbocycles. The molecule has 9 heteroatoms. The van der Waals surface area contributed by atoms with Gasteiger partial charge in [-0.05, 0) is 52.4 Å². The molecule has 1 rings (SSSR count). The molecule has 2 unspecified atom stereocenters. The molecule has 0 fully saturated rings. The van der Waals surface area contributed by atoms with Gasteiger partial charge in [0, 0.05) is 6.42 Å². The molecule has 1 amide bonds. The summed E-state index contributed by atoms with van der Waals surface area (Å²) < 4.78 is 5.02. The molecule has 0 heterocycles. The van der Waals surface area contributed by atoms with E-state index in [2.05, 4.69) is 10.6 Å². The molecule has 2 atom stereocenters. The van der Waals surface area contributed by atoms with Crippen molar-refractivity contribution in [1.29, 1.82) is 0 Å². The van der Waals surface area contributed by atoms with Gasteiger partial charge in [-0.25, -0.2) is 9.59 Å². The smallest absolute Gasteiger partial charge is 0.408 e. The zero-order chi connectivity index (χ0) is 21.2. The van der Waals surface area contributed by atoms with Crippen molar-refractivity contribution in [3.63, 3.8) is 0 Å². The van der Waals surface area contributed by atoms with E-state index in [4.69, 9.17) is 20.1 Å². The summed E-state index contributed by atoms with van der Waals surface area (Å²) in [7, 11) is 1.61. The van der Waals surface area contributed by atoms with Crippen molar-refractivity contribution >= 4 is 18.0 Å². The summed E-state index contributed by atoms with van der Waals surface area (Å²) in [5, 5.41) is 31.3. The number of amides is 1. The normalized spacial score (nSPS) is 12.8. The number of carbonyl (C=O) groups excluding carboxylic acids is 1. The topological polar surface area (TPSA) is 145 Å². The third-order valence-corrected chi connectivity index (χ3v) is 3.17. The Hall–Kier alpha value is -2.81. The summed E-state index contributed by atoms with van der Waals surface area (Å²) in [5.41, 5.74) is -0.00247. The Morgan fingerprint density at radius 2 is 1.59 bits per heavy atom. The molecule has 5 N–H and O–H groups in total. The van der Waals surface area contributed by atoms with Crippen LogP contribution in [0.25, 0.3) is 0 Å². The van der Waals surface area contributed by atoms with Gasteiger partial charge in [-0.3, -0.25) is 4.79 Å². The summed E-state index contributed by atoms with van der Waals surface area (Å²) in [5.74, 6) is -1.87. The number of carboxylic acid groups (broad SMARTS) is 2. The van der Waals surface area contributed by atoms with Gasteiger partial charge < -0.3 is 30.7 Å². The number of rotatable bonds is 6. The lowest BCUT2D eigenvalue weighted by Gasteiger charge is -2.22. The Balaban J connectivity index is 0.000000821. The van der Waals surface area contributed by atoms with Crippen molar-refractivity contribution in [1.82, 2.24) is 10.6 Å². The molecular weight excluding hydrogens is 356 g/mol. The van der Waals surface area contributed by atoms with Crippen molar-refractivity contribution < 1.29 is 34.4 Å². The Bertz CT molecular complexity index is 624. The SMILES string of the molecule is CC(C)(C)OC(=O)NC(Cc1ccc(O)cc1)C(=O)O.CNC(C)C(=O)O. The second-order valence-corrected chi connectivity index (χ2v) is 6.76. The van der Waals surface area contributed by atoms with Gasteiger partial charge >= 0.3 is 18.0 Å². The third-order valence-electron chi connectivity index (χ3n) is 3.17. The molecule has 0 aliphatic rings. The number of phenolic OH excluding ortho intramolecular Hbond substituents is 1. The molecule has 0 radical (unpaired) electrons. The van der Waals surface area contributed by atoms with Gasteiger partial charge in [0.25, 0.3) is 0 Å². The van der Waals surface area contributed by atoms with Gasteiger partial charge in [-0.2, -0.15) is 0 Å². The van der Waals surface area contributed by atoms with Crippen LogP contribution in [-0.4, -0.2) is 58.1 Å². The maximum Gasteiger partial charge on any atom is 0.408 e. The van der Waals surface area contributed by atoms with E-state index in [1.807, 2.05) is 0 Å².